The number of carbonyl (C=O) groups excluding carboxylic acids is 1. The Bertz CT molecular complexity index is 878. The fourth-order valence-electron chi connectivity index (χ4n) is 2.47. The van der Waals surface area contributed by atoms with Crippen molar-refractivity contribution in [2.45, 2.75) is 19.9 Å². The average molecular weight is 370 g/mol. The van der Waals surface area contributed by atoms with E-state index in [-0.39, 0.29) is 18.1 Å². The third-order valence-corrected chi connectivity index (χ3v) is 4.64. The zero-order chi connectivity index (χ0) is 18.4. The summed E-state index contributed by atoms with van der Waals surface area (Å²) in [5.41, 5.74) is 2.49. The summed E-state index contributed by atoms with van der Waals surface area (Å²) in [6, 6.07) is 13.8. The largest absolute Gasteiger partial charge is 0.493 e. The molecule has 0 spiro atoms. The molecule has 0 fully saturated rings. The highest BCUT2D eigenvalue weighted by Crippen LogP contribution is 2.32. The molecule has 0 aliphatic rings. The molecule has 1 N–H and O–H groups in total. The van der Waals surface area contributed by atoms with Crippen LogP contribution in [0.25, 0.3) is 10.6 Å². The van der Waals surface area contributed by atoms with Crippen LogP contribution in [0.4, 0.5) is 4.39 Å². The summed E-state index contributed by atoms with van der Waals surface area (Å²) < 4.78 is 18.5. The van der Waals surface area contributed by atoms with Gasteiger partial charge in [-0.1, -0.05) is 24.3 Å². The number of para-hydroxylation sites is 1. The first-order chi connectivity index (χ1) is 12.7. The molecule has 134 valence electrons. The van der Waals surface area contributed by atoms with E-state index in [0.29, 0.717) is 18.8 Å². The maximum atomic E-state index is 12.9. The molecule has 1 amide bonds. The first kappa shape index (κ1) is 18.1. The van der Waals surface area contributed by atoms with Gasteiger partial charge in [-0.15, -0.1) is 11.3 Å². The van der Waals surface area contributed by atoms with Crippen molar-refractivity contribution in [3.8, 4) is 16.3 Å². The first-order valence-corrected chi connectivity index (χ1v) is 9.21. The smallest absolute Gasteiger partial charge is 0.226 e. The second kappa shape index (κ2) is 8.58. The van der Waals surface area contributed by atoms with Crippen molar-refractivity contribution in [2.24, 2.45) is 0 Å². The molecule has 0 saturated heterocycles. The minimum atomic E-state index is -0.289. The summed E-state index contributed by atoms with van der Waals surface area (Å²) >= 11 is 1.49. The monoisotopic (exact) mass is 370 g/mol. The molecule has 4 nitrogen and oxygen atoms in total. The lowest BCUT2D eigenvalue weighted by molar-refractivity contribution is -0.120. The fourth-order valence-corrected chi connectivity index (χ4v) is 3.32. The van der Waals surface area contributed by atoms with E-state index in [4.69, 9.17) is 4.74 Å². The van der Waals surface area contributed by atoms with Gasteiger partial charge in [-0.25, -0.2) is 9.37 Å². The van der Waals surface area contributed by atoms with Crippen LogP contribution in [0.3, 0.4) is 0 Å². The van der Waals surface area contributed by atoms with Crippen LogP contribution in [0.15, 0.2) is 53.9 Å². The van der Waals surface area contributed by atoms with Gasteiger partial charge in [-0.2, -0.15) is 0 Å². The number of thiazole rings is 1. The molecular weight excluding hydrogens is 351 g/mol. The second-order valence-electron chi connectivity index (χ2n) is 5.65. The Labute approximate surface area is 155 Å². The van der Waals surface area contributed by atoms with Crippen molar-refractivity contribution in [1.82, 2.24) is 10.3 Å². The number of benzene rings is 2. The van der Waals surface area contributed by atoms with Gasteiger partial charge in [-0.3, -0.25) is 4.79 Å². The van der Waals surface area contributed by atoms with Crippen molar-refractivity contribution in [2.75, 3.05) is 6.61 Å². The molecule has 0 aliphatic carbocycles. The van der Waals surface area contributed by atoms with Crippen LogP contribution in [0.5, 0.6) is 5.75 Å². The number of hydrogen-bond donors (Lipinski definition) is 1. The van der Waals surface area contributed by atoms with Crippen molar-refractivity contribution < 1.29 is 13.9 Å². The fraction of sp³-hybridized carbons (Fsp3) is 0.200. The number of amides is 1. The van der Waals surface area contributed by atoms with Crippen LogP contribution in [-0.4, -0.2) is 17.5 Å². The van der Waals surface area contributed by atoms with Gasteiger partial charge < -0.3 is 10.1 Å². The Morgan fingerprint density at radius 2 is 1.96 bits per heavy atom. The van der Waals surface area contributed by atoms with E-state index in [1.54, 1.807) is 12.1 Å². The van der Waals surface area contributed by atoms with Gasteiger partial charge in [0, 0.05) is 11.9 Å². The number of nitrogens with one attached hydrogen (secondary N) is 1. The molecule has 0 unspecified atom stereocenters. The van der Waals surface area contributed by atoms with E-state index in [1.165, 1.54) is 23.5 Å². The van der Waals surface area contributed by atoms with Crippen LogP contribution in [0, 0.1) is 5.82 Å². The molecule has 3 aromatic rings. The highest BCUT2D eigenvalue weighted by Gasteiger charge is 2.12. The molecule has 0 aliphatic heterocycles. The van der Waals surface area contributed by atoms with Gasteiger partial charge in [0.05, 0.1) is 24.3 Å². The molecule has 1 aromatic heterocycles. The van der Waals surface area contributed by atoms with Crippen LogP contribution in [-0.2, 0) is 17.8 Å². The standard InChI is InChI=1S/C20H19FN2O2S/c1-2-25-18-6-4-3-5-17(18)20-23-16(13-26-20)11-19(24)22-12-14-7-9-15(21)10-8-14/h3-10,13H,2,11-12H2,1H3,(H,22,24). The molecule has 0 bridgehead atoms. The average Bonchev–Trinajstić information content (AvgIpc) is 3.10. The highest BCUT2D eigenvalue weighted by atomic mass is 32.1. The maximum absolute atomic E-state index is 12.9. The van der Waals surface area contributed by atoms with Crippen molar-refractivity contribution in [3.05, 3.63) is 71.0 Å². The molecule has 6 heteroatoms. The normalized spacial score (nSPS) is 10.5. The number of aromatic nitrogens is 1. The molecule has 0 radical (unpaired) electrons. The van der Waals surface area contributed by atoms with E-state index < -0.39 is 0 Å². The number of ether oxygens (including phenoxy) is 1. The van der Waals surface area contributed by atoms with E-state index in [2.05, 4.69) is 10.3 Å². The molecule has 26 heavy (non-hydrogen) atoms. The lowest BCUT2D eigenvalue weighted by atomic mass is 10.2. The summed E-state index contributed by atoms with van der Waals surface area (Å²) in [5.74, 6) is 0.378. The van der Waals surface area contributed by atoms with Crippen LogP contribution >= 0.6 is 11.3 Å². The third kappa shape index (κ3) is 4.67. The molecule has 0 saturated carbocycles. The highest BCUT2D eigenvalue weighted by molar-refractivity contribution is 7.13. The summed E-state index contributed by atoms with van der Waals surface area (Å²) in [6.07, 6.45) is 0.203. The molecular formula is C20H19FN2O2S. The van der Waals surface area contributed by atoms with E-state index in [0.717, 1.165) is 21.9 Å². The summed E-state index contributed by atoms with van der Waals surface area (Å²) in [4.78, 5) is 16.7. The lowest BCUT2D eigenvalue weighted by Crippen LogP contribution is -2.24. The van der Waals surface area contributed by atoms with Gasteiger partial charge in [0.1, 0.15) is 16.6 Å². The maximum Gasteiger partial charge on any atom is 0.226 e. The third-order valence-electron chi connectivity index (χ3n) is 3.71. The predicted octanol–water partition coefficient (Wildman–Crippen LogP) is 4.21. The number of hydrogen-bond acceptors (Lipinski definition) is 4. The zero-order valence-corrected chi connectivity index (χ0v) is 15.2. The number of nitrogens with zero attached hydrogens (tertiary/aromatic N) is 1. The van der Waals surface area contributed by atoms with E-state index >= 15 is 0 Å². The van der Waals surface area contributed by atoms with E-state index in [9.17, 15) is 9.18 Å². The van der Waals surface area contributed by atoms with Gasteiger partial charge in [0.2, 0.25) is 5.91 Å². The Hall–Kier alpha value is -2.73. The molecule has 1 heterocycles. The van der Waals surface area contributed by atoms with Gasteiger partial charge in [0.25, 0.3) is 0 Å². The van der Waals surface area contributed by atoms with Gasteiger partial charge in [-0.05, 0) is 36.8 Å². The SMILES string of the molecule is CCOc1ccccc1-c1nc(CC(=O)NCc2ccc(F)cc2)cs1. The summed E-state index contributed by atoms with van der Waals surface area (Å²) in [5, 5.41) is 5.54. The van der Waals surface area contributed by atoms with Crippen LogP contribution in [0.2, 0.25) is 0 Å². The molecule has 2 aromatic carbocycles. The summed E-state index contributed by atoms with van der Waals surface area (Å²) in [7, 11) is 0. The van der Waals surface area contributed by atoms with Crippen molar-refractivity contribution >= 4 is 17.2 Å². The van der Waals surface area contributed by atoms with Crippen LogP contribution < -0.4 is 10.1 Å². The number of halogens is 1. The van der Waals surface area contributed by atoms with Crippen molar-refractivity contribution in [1.29, 1.82) is 0 Å². The van der Waals surface area contributed by atoms with Gasteiger partial charge >= 0.3 is 0 Å². The van der Waals surface area contributed by atoms with Crippen LogP contribution in [0.1, 0.15) is 18.2 Å². The minimum Gasteiger partial charge on any atom is -0.493 e. The molecule has 0 atom stereocenters. The zero-order valence-electron chi connectivity index (χ0n) is 14.4. The minimum absolute atomic E-state index is 0.121. The Balaban J connectivity index is 1.61. The topological polar surface area (TPSA) is 51.2 Å². The Morgan fingerprint density at radius 1 is 1.19 bits per heavy atom. The Kier molecular flexibility index (Phi) is 5.96. The quantitative estimate of drug-likeness (QED) is 0.678. The summed E-state index contributed by atoms with van der Waals surface area (Å²) in [6.45, 7) is 2.89. The number of carbonyl (C=O) groups is 1. The Morgan fingerprint density at radius 3 is 2.73 bits per heavy atom. The molecule has 3 rings (SSSR count). The predicted molar refractivity (Wildman–Crippen MR) is 101 cm³/mol. The lowest BCUT2D eigenvalue weighted by Gasteiger charge is -2.07. The van der Waals surface area contributed by atoms with Crippen molar-refractivity contribution in [3.63, 3.8) is 0 Å². The van der Waals surface area contributed by atoms with E-state index in [1.807, 2.05) is 36.6 Å². The number of rotatable bonds is 7. The van der Waals surface area contributed by atoms with Gasteiger partial charge in [0.15, 0.2) is 0 Å². The first-order valence-electron chi connectivity index (χ1n) is 8.33. The second-order valence-corrected chi connectivity index (χ2v) is 6.51.